The summed E-state index contributed by atoms with van der Waals surface area (Å²) in [5.41, 5.74) is 1.96. The van der Waals surface area contributed by atoms with Crippen LogP contribution in [0.15, 0.2) is 36.5 Å². The second kappa shape index (κ2) is 5.85. The molecule has 2 aromatic rings. The first-order valence-corrected chi connectivity index (χ1v) is 5.97. The van der Waals surface area contributed by atoms with E-state index in [1.807, 2.05) is 13.0 Å². The van der Waals surface area contributed by atoms with E-state index in [4.69, 9.17) is 10.00 Å². The number of pyridine rings is 1. The van der Waals surface area contributed by atoms with Crippen LogP contribution in [0.4, 0.5) is 5.69 Å². The third-order valence-corrected chi connectivity index (χ3v) is 2.78. The van der Waals surface area contributed by atoms with Gasteiger partial charge in [-0.15, -0.1) is 0 Å². The molecule has 0 spiro atoms. The van der Waals surface area contributed by atoms with Crippen molar-refractivity contribution < 1.29 is 9.53 Å². The van der Waals surface area contributed by atoms with E-state index in [2.05, 4.69) is 10.3 Å². The second-order valence-corrected chi connectivity index (χ2v) is 4.14. The first kappa shape index (κ1) is 13.6. The molecule has 0 aliphatic heterocycles. The van der Waals surface area contributed by atoms with E-state index < -0.39 is 0 Å². The molecule has 100 valence electrons. The second-order valence-electron chi connectivity index (χ2n) is 4.14. The lowest BCUT2D eigenvalue weighted by Gasteiger charge is -2.11. The zero-order valence-corrected chi connectivity index (χ0v) is 11.2. The number of aryl methyl sites for hydroxylation is 1. The minimum Gasteiger partial charge on any atom is -0.495 e. The molecule has 2 rings (SSSR count). The van der Waals surface area contributed by atoms with Gasteiger partial charge in [0.05, 0.1) is 18.2 Å². The van der Waals surface area contributed by atoms with Crippen molar-refractivity contribution in [2.24, 2.45) is 0 Å². The molecule has 0 aliphatic carbocycles. The molecule has 1 amide bonds. The molecule has 0 saturated heterocycles. The van der Waals surface area contributed by atoms with Crippen LogP contribution in [-0.4, -0.2) is 18.0 Å². The molecular weight excluding hydrogens is 254 g/mol. The largest absolute Gasteiger partial charge is 0.495 e. The van der Waals surface area contributed by atoms with Crippen LogP contribution in [0.5, 0.6) is 5.75 Å². The first-order valence-electron chi connectivity index (χ1n) is 5.97. The van der Waals surface area contributed by atoms with Gasteiger partial charge >= 0.3 is 0 Å². The topological polar surface area (TPSA) is 75.0 Å². The molecule has 20 heavy (non-hydrogen) atoms. The van der Waals surface area contributed by atoms with Gasteiger partial charge in [-0.2, -0.15) is 5.26 Å². The fourth-order valence-electron chi connectivity index (χ4n) is 1.71. The summed E-state index contributed by atoms with van der Waals surface area (Å²) in [6.45, 7) is 1.84. The van der Waals surface area contributed by atoms with Gasteiger partial charge in [-0.05, 0) is 31.2 Å². The number of rotatable bonds is 3. The van der Waals surface area contributed by atoms with E-state index in [1.165, 1.54) is 13.3 Å². The number of hydrogen-bond donors (Lipinski definition) is 1. The quantitative estimate of drug-likeness (QED) is 0.927. The molecule has 0 radical (unpaired) electrons. The molecule has 0 unspecified atom stereocenters. The monoisotopic (exact) mass is 267 g/mol. The summed E-state index contributed by atoms with van der Waals surface area (Å²) in [6.07, 6.45) is 1.49. The van der Waals surface area contributed by atoms with Crippen LogP contribution in [0.2, 0.25) is 0 Å². The van der Waals surface area contributed by atoms with E-state index in [9.17, 15) is 4.79 Å². The Labute approximate surface area is 116 Å². The van der Waals surface area contributed by atoms with Gasteiger partial charge in [0.2, 0.25) is 0 Å². The highest BCUT2D eigenvalue weighted by atomic mass is 16.5. The molecule has 5 nitrogen and oxygen atoms in total. The van der Waals surface area contributed by atoms with Crippen molar-refractivity contribution in [1.29, 1.82) is 5.26 Å². The van der Waals surface area contributed by atoms with Crippen LogP contribution in [0.3, 0.4) is 0 Å². The van der Waals surface area contributed by atoms with Gasteiger partial charge in [-0.1, -0.05) is 6.07 Å². The summed E-state index contributed by atoms with van der Waals surface area (Å²) in [6, 6.07) is 10.5. The number of aromatic nitrogens is 1. The van der Waals surface area contributed by atoms with Crippen LogP contribution >= 0.6 is 0 Å². The zero-order valence-electron chi connectivity index (χ0n) is 11.2. The Morgan fingerprint density at radius 2 is 2.15 bits per heavy atom. The number of nitriles is 1. The molecule has 1 aromatic carbocycles. The summed E-state index contributed by atoms with van der Waals surface area (Å²) in [5.74, 6) is 0.107. The van der Waals surface area contributed by atoms with Crippen molar-refractivity contribution in [3.63, 3.8) is 0 Å². The molecule has 5 heteroatoms. The minimum absolute atomic E-state index is 0.335. The Kier molecular flexibility index (Phi) is 3.96. The molecule has 0 saturated carbocycles. The molecule has 0 bridgehead atoms. The predicted molar refractivity (Wildman–Crippen MR) is 74.6 cm³/mol. The highest BCUT2D eigenvalue weighted by molar-refractivity contribution is 6.05. The first-order chi connectivity index (χ1) is 9.65. The Morgan fingerprint density at radius 1 is 1.35 bits per heavy atom. The smallest absolute Gasteiger partial charge is 0.257 e. The van der Waals surface area contributed by atoms with Crippen LogP contribution in [0.25, 0.3) is 0 Å². The maximum Gasteiger partial charge on any atom is 0.257 e. The third kappa shape index (κ3) is 2.75. The number of hydrogen-bond acceptors (Lipinski definition) is 4. The molecular formula is C15H13N3O2. The van der Waals surface area contributed by atoms with Gasteiger partial charge in [-0.25, -0.2) is 0 Å². The summed E-state index contributed by atoms with van der Waals surface area (Å²) < 4.78 is 5.16. The number of para-hydroxylation sites is 1. The lowest BCUT2D eigenvalue weighted by atomic mass is 10.1. The predicted octanol–water partition coefficient (Wildman–Crippen LogP) is 2.52. The molecule has 1 aromatic heterocycles. The van der Waals surface area contributed by atoms with Gasteiger partial charge < -0.3 is 10.1 Å². The summed E-state index contributed by atoms with van der Waals surface area (Å²) in [4.78, 5) is 16.2. The van der Waals surface area contributed by atoms with E-state index >= 15 is 0 Å². The molecule has 1 N–H and O–H groups in total. The van der Waals surface area contributed by atoms with Gasteiger partial charge in [0, 0.05) is 11.9 Å². The highest BCUT2D eigenvalue weighted by Gasteiger charge is 2.13. The number of amides is 1. The zero-order chi connectivity index (χ0) is 14.5. The molecule has 1 heterocycles. The van der Waals surface area contributed by atoms with Gasteiger partial charge in [0.15, 0.2) is 0 Å². The van der Waals surface area contributed by atoms with Crippen molar-refractivity contribution in [2.75, 3.05) is 12.4 Å². The Bertz CT molecular complexity index is 673. The van der Waals surface area contributed by atoms with E-state index in [0.29, 0.717) is 22.6 Å². The molecule has 0 aliphatic rings. The number of nitrogens with zero attached hydrogens (tertiary/aromatic N) is 2. The fraction of sp³-hybridized carbons (Fsp3) is 0.133. The van der Waals surface area contributed by atoms with Gasteiger partial charge in [-0.3, -0.25) is 9.78 Å². The Hall–Kier alpha value is -2.87. The average molecular weight is 267 g/mol. The number of anilines is 1. The van der Waals surface area contributed by atoms with Crippen molar-refractivity contribution >= 4 is 11.6 Å². The number of methoxy groups -OCH3 is 1. The highest BCUT2D eigenvalue weighted by Crippen LogP contribution is 2.28. The Morgan fingerprint density at radius 3 is 2.75 bits per heavy atom. The van der Waals surface area contributed by atoms with Crippen molar-refractivity contribution in [3.8, 4) is 11.8 Å². The summed E-state index contributed by atoms with van der Waals surface area (Å²) >= 11 is 0. The number of nitrogens with one attached hydrogen (secondary N) is 1. The number of carbonyl (C=O) groups is 1. The number of ether oxygens (including phenoxy) is 1. The Balaban J connectivity index is 2.32. The van der Waals surface area contributed by atoms with Crippen LogP contribution in [-0.2, 0) is 0 Å². The van der Waals surface area contributed by atoms with E-state index in [1.54, 1.807) is 30.3 Å². The van der Waals surface area contributed by atoms with Crippen LogP contribution < -0.4 is 10.1 Å². The maximum absolute atomic E-state index is 12.1. The third-order valence-electron chi connectivity index (χ3n) is 2.78. The van der Waals surface area contributed by atoms with Crippen molar-refractivity contribution in [3.05, 3.63) is 53.3 Å². The SMILES string of the molecule is COc1cccc(C#N)c1NC(=O)c1ccc(C)nc1. The lowest BCUT2D eigenvalue weighted by molar-refractivity contribution is 0.102. The number of benzene rings is 1. The van der Waals surface area contributed by atoms with Crippen LogP contribution in [0.1, 0.15) is 21.6 Å². The fourth-order valence-corrected chi connectivity index (χ4v) is 1.71. The normalized spacial score (nSPS) is 9.65. The van der Waals surface area contributed by atoms with Crippen molar-refractivity contribution in [2.45, 2.75) is 6.92 Å². The summed E-state index contributed by atoms with van der Waals surface area (Å²) in [5, 5.41) is 11.8. The maximum atomic E-state index is 12.1. The summed E-state index contributed by atoms with van der Waals surface area (Å²) in [7, 11) is 1.49. The van der Waals surface area contributed by atoms with Crippen LogP contribution in [0, 0.1) is 18.3 Å². The minimum atomic E-state index is -0.335. The van der Waals surface area contributed by atoms with E-state index in [-0.39, 0.29) is 5.91 Å². The van der Waals surface area contributed by atoms with Gasteiger partial charge in [0.1, 0.15) is 17.5 Å². The molecule has 0 atom stereocenters. The van der Waals surface area contributed by atoms with Crippen molar-refractivity contribution in [1.82, 2.24) is 4.98 Å². The standard InChI is InChI=1S/C15H13N3O2/c1-10-6-7-12(9-17-10)15(19)18-14-11(8-16)4-3-5-13(14)20-2/h3-7,9H,1-2H3,(H,18,19). The average Bonchev–Trinajstić information content (AvgIpc) is 2.48. The lowest BCUT2D eigenvalue weighted by Crippen LogP contribution is -2.14. The van der Waals surface area contributed by atoms with E-state index in [0.717, 1.165) is 5.69 Å². The number of carbonyl (C=O) groups excluding carboxylic acids is 1. The van der Waals surface area contributed by atoms with Gasteiger partial charge in [0.25, 0.3) is 5.91 Å². The molecule has 0 fully saturated rings.